The van der Waals surface area contributed by atoms with Crippen molar-refractivity contribution in [2.45, 2.75) is 30.3 Å². The predicted octanol–water partition coefficient (Wildman–Crippen LogP) is 2.42. The molecule has 31 heavy (non-hydrogen) atoms. The Balaban J connectivity index is 1.39. The van der Waals surface area contributed by atoms with E-state index in [0.717, 1.165) is 22.5 Å². The van der Waals surface area contributed by atoms with E-state index in [9.17, 15) is 14.4 Å². The van der Waals surface area contributed by atoms with Crippen LogP contribution in [0.3, 0.4) is 0 Å². The molecule has 0 spiro atoms. The van der Waals surface area contributed by atoms with E-state index < -0.39 is 11.9 Å². The summed E-state index contributed by atoms with van der Waals surface area (Å²) in [7, 11) is 0. The minimum Gasteiger partial charge on any atom is -0.322 e. The molecule has 1 N–H and O–H groups in total. The Morgan fingerprint density at radius 3 is 2.65 bits per heavy atom. The zero-order valence-corrected chi connectivity index (χ0v) is 17.6. The van der Waals surface area contributed by atoms with E-state index in [0.29, 0.717) is 18.5 Å². The number of nitrogens with one attached hydrogen (secondary N) is 1. The Kier molecular flexibility index (Phi) is 4.82. The summed E-state index contributed by atoms with van der Waals surface area (Å²) in [4.78, 5) is 39.3. The molecule has 8 nitrogen and oxygen atoms in total. The van der Waals surface area contributed by atoms with E-state index >= 15 is 0 Å². The lowest BCUT2D eigenvalue weighted by atomic mass is 10.0. The average Bonchev–Trinajstić information content (AvgIpc) is 3.39. The van der Waals surface area contributed by atoms with Crippen molar-refractivity contribution in [2.24, 2.45) is 0 Å². The van der Waals surface area contributed by atoms with E-state index in [1.54, 1.807) is 22.5 Å². The highest BCUT2D eigenvalue weighted by atomic mass is 32.2. The first-order valence-corrected chi connectivity index (χ1v) is 11.1. The van der Waals surface area contributed by atoms with Crippen molar-refractivity contribution < 1.29 is 14.4 Å². The number of rotatable bonds is 4. The van der Waals surface area contributed by atoms with Gasteiger partial charge in [0.1, 0.15) is 11.7 Å². The van der Waals surface area contributed by atoms with Crippen LogP contribution in [0.2, 0.25) is 0 Å². The first-order valence-electron chi connectivity index (χ1n) is 9.88. The molecule has 1 unspecified atom stereocenters. The standard InChI is InChI=1S/C22H19N5O3S/c1-31-16-6-3-13(4-7-16)18-12-27(25-24-18)15-5-2-14-11-26(22(30)17(14)10-15)19-8-9-20(28)23-21(19)29/h2-7,10,12,19H,8-9,11H2,1H3,(H,23,28,29). The van der Waals surface area contributed by atoms with Crippen LogP contribution < -0.4 is 5.32 Å². The van der Waals surface area contributed by atoms with Gasteiger partial charge in [0.25, 0.3) is 5.91 Å². The van der Waals surface area contributed by atoms with Crippen LogP contribution in [0, 0.1) is 0 Å². The molecule has 0 bridgehead atoms. The SMILES string of the molecule is CSc1ccc(-c2cn(-c3ccc4c(c3)C(=O)N(C3CCC(=O)NC3=O)C4)nn2)cc1. The zero-order valence-electron chi connectivity index (χ0n) is 16.7. The fourth-order valence-electron chi connectivity index (χ4n) is 3.97. The zero-order chi connectivity index (χ0) is 21.5. The summed E-state index contributed by atoms with van der Waals surface area (Å²) in [5, 5.41) is 10.8. The Morgan fingerprint density at radius 2 is 1.90 bits per heavy atom. The number of hydrogen-bond acceptors (Lipinski definition) is 6. The van der Waals surface area contributed by atoms with Crippen molar-refractivity contribution in [3.63, 3.8) is 0 Å². The van der Waals surface area contributed by atoms with E-state index in [1.165, 1.54) is 9.80 Å². The molecule has 1 saturated heterocycles. The van der Waals surface area contributed by atoms with E-state index in [4.69, 9.17) is 0 Å². The monoisotopic (exact) mass is 433 g/mol. The first kappa shape index (κ1) is 19.5. The number of carbonyl (C=O) groups is 3. The lowest BCUT2D eigenvalue weighted by Crippen LogP contribution is -2.52. The summed E-state index contributed by atoms with van der Waals surface area (Å²) in [6.45, 7) is 0.352. The Morgan fingerprint density at radius 1 is 1.10 bits per heavy atom. The molecule has 1 aromatic heterocycles. The van der Waals surface area contributed by atoms with Crippen LogP contribution in [0.15, 0.2) is 53.6 Å². The molecular weight excluding hydrogens is 414 g/mol. The Labute approximate surface area is 182 Å². The van der Waals surface area contributed by atoms with Gasteiger partial charge in [0.05, 0.1) is 11.9 Å². The number of thioether (sulfide) groups is 1. The Hall–Kier alpha value is -3.46. The van der Waals surface area contributed by atoms with Gasteiger partial charge in [-0.1, -0.05) is 23.4 Å². The summed E-state index contributed by atoms with van der Waals surface area (Å²) >= 11 is 1.68. The molecule has 156 valence electrons. The lowest BCUT2D eigenvalue weighted by Gasteiger charge is -2.29. The maximum atomic E-state index is 13.0. The van der Waals surface area contributed by atoms with Crippen molar-refractivity contribution in [3.8, 4) is 16.9 Å². The van der Waals surface area contributed by atoms with Crippen molar-refractivity contribution in [1.82, 2.24) is 25.2 Å². The van der Waals surface area contributed by atoms with Crippen LogP contribution in [0.4, 0.5) is 0 Å². The summed E-state index contributed by atoms with van der Waals surface area (Å²) in [5.41, 5.74) is 3.82. The van der Waals surface area contributed by atoms with Gasteiger partial charge < -0.3 is 4.90 Å². The van der Waals surface area contributed by atoms with Gasteiger partial charge in [0, 0.05) is 29.0 Å². The molecule has 2 aliphatic heterocycles. The highest BCUT2D eigenvalue weighted by Crippen LogP contribution is 2.29. The fourth-order valence-corrected chi connectivity index (χ4v) is 4.38. The molecule has 3 amide bonds. The van der Waals surface area contributed by atoms with Crippen molar-refractivity contribution in [1.29, 1.82) is 0 Å². The maximum Gasteiger partial charge on any atom is 0.255 e. The molecule has 2 aliphatic rings. The number of amides is 3. The second-order valence-corrected chi connectivity index (χ2v) is 8.40. The molecule has 0 radical (unpaired) electrons. The van der Waals surface area contributed by atoms with Crippen LogP contribution >= 0.6 is 11.8 Å². The smallest absolute Gasteiger partial charge is 0.255 e. The highest BCUT2D eigenvalue weighted by Gasteiger charge is 2.39. The summed E-state index contributed by atoms with van der Waals surface area (Å²) in [5.74, 6) is -0.914. The molecule has 3 heterocycles. The molecule has 3 aromatic rings. The molecule has 0 saturated carbocycles. The number of aromatic nitrogens is 3. The summed E-state index contributed by atoms with van der Waals surface area (Å²) in [6.07, 6.45) is 4.44. The quantitative estimate of drug-likeness (QED) is 0.501. The molecule has 1 atom stereocenters. The fraction of sp³-hybridized carbons (Fsp3) is 0.227. The van der Waals surface area contributed by atoms with Crippen molar-refractivity contribution in [2.75, 3.05) is 6.26 Å². The second-order valence-electron chi connectivity index (χ2n) is 7.52. The van der Waals surface area contributed by atoms with Gasteiger partial charge in [-0.15, -0.1) is 16.9 Å². The first-order chi connectivity index (χ1) is 15.0. The minimum atomic E-state index is -0.622. The average molecular weight is 433 g/mol. The normalized spacial score (nSPS) is 18.3. The maximum absolute atomic E-state index is 13.0. The largest absolute Gasteiger partial charge is 0.322 e. The summed E-state index contributed by atoms with van der Waals surface area (Å²) in [6, 6.07) is 13.0. The third kappa shape index (κ3) is 3.50. The van der Waals surface area contributed by atoms with Crippen LogP contribution in [-0.4, -0.2) is 49.9 Å². The van der Waals surface area contributed by atoms with Crippen LogP contribution in [-0.2, 0) is 16.1 Å². The number of imide groups is 1. The third-order valence-corrected chi connectivity index (χ3v) is 6.40. The van der Waals surface area contributed by atoms with Gasteiger partial charge in [-0.05, 0) is 42.5 Å². The minimum absolute atomic E-state index is 0.209. The number of carbonyl (C=O) groups excluding carboxylic acids is 3. The molecule has 1 fully saturated rings. The highest BCUT2D eigenvalue weighted by molar-refractivity contribution is 7.98. The van der Waals surface area contributed by atoms with Gasteiger partial charge in [0.15, 0.2) is 0 Å². The van der Waals surface area contributed by atoms with Gasteiger partial charge in [-0.25, -0.2) is 4.68 Å². The molecule has 5 rings (SSSR count). The van der Waals surface area contributed by atoms with E-state index in [-0.39, 0.29) is 18.2 Å². The predicted molar refractivity (Wildman–Crippen MR) is 115 cm³/mol. The van der Waals surface area contributed by atoms with Gasteiger partial charge in [0.2, 0.25) is 11.8 Å². The van der Waals surface area contributed by atoms with Crippen LogP contribution in [0.5, 0.6) is 0 Å². The number of hydrogen-bond donors (Lipinski definition) is 1. The molecule has 9 heteroatoms. The van der Waals surface area contributed by atoms with E-state index in [2.05, 4.69) is 15.6 Å². The second kappa shape index (κ2) is 7.66. The van der Waals surface area contributed by atoms with Gasteiger partial charge >= 0.3 is 0 Å². The number of piperidine rings is 1. The summed E-state index contributed by atoms with van der Waals surface area (Å²) < 4.78 is 1.64. The van der Waals surface area contributed by atoms with Gasteiger partial charge in [-0.3, -0.25) is 19.7 Å². The topological polar surface area (TPSA) is 97.2 Å². The lowest BCUT2D eigenvalue weighted by molar-refractivity contribution is -0.136. The van der Waals surface area contributed by atoms with Gasteiger partial charge in [-0.2, -0.15) is 0 Å². The van der Waals surface area contributed by atoms with Crippen LogP contribution in [0.1, 0.15) is 28.8 Å². The number of benzene rings is 2. The molecule has 0 aliphatic carbocycles. The molecular formula is C22H19N5O3S. The van der Waals surface area contributed by atoms with Crippen LogP contribution in [0.25, 0.3) is 16.9 Å². The van der Waals surface area contributed by atoms with E-state index in [1.807, 2.05) is 48.9 Å². The Bertz CT molecular complexity index is 1200. The van der Waals surface area contributed by atoms with Crippen molar-refractivity contribution in [3.05, 3.63) is 59.8 Å². The number of nitrogens with zero attached hydrogens (tertiary/aromatic N) is 4. The number of fused-ring (bicyclic) bond motifs is 1. The molecule has 2 aromatic carbocycles. The van der Waals surface area contributed by atoms with Crippen molar-refractivity contribution >= 4 is 29.5 Å². The third-order valence-electron chi connectivity index (χ3n) is 5.66.